The summed E-state index contributed by atoms with van der Waals surface area (Å²) in [6.07, 6.45) is 6.21. The fourth-order valence-corrected chi connectivity index (χ4v) is 1.44. The number of rotatable bonds is 5. The fourth-order valence-electron chi connectivity index (χ4n) is 1.44. The second-order valence-electron chi connectivity index (χ2n) is 3.64. The summed E-state index contributed by atoms with van der Waals surface area (Å²) in [6, 6.07) is 4.95. The third-order valence-corrected chi connectivity index (χ3v) is 2.37. The van der Waals surface area contributed by atoms with Gasteiger partial charge in [-0.05, 0) is 56.6 Å². The van der Waals surface area contributed by atoms with Crippen molar-refractivity contribution in [1.29, 1.82) is 0 Å². The molecule has 1 rings (SSSR count). The number of nitrogens with one attached hydrogen (secondary N) is 1. The number of halogens is 1. The largest absolute Gasteiger partial charge is 0.319 e. The Morgan fingerprint density at radius 2 is 2.13 bits per heavy atom. The summed E-state index contributed by atoms with van der Waals surface area (Å²) < 4.78 is 12.8. The molecule has 0 radical (unpaired) electrons. The normalized spacial score (nSPS) is 11.1. The van der Waals surface area contributed by atoms with Crippen LogP contribution in [0.1, 0.15) is 17.5 Å². The molecule has 0 unspecified atom stereocenters. The fraction of sp³-hybridized carbons (Fsp3) is 0.385. The van der Waals surface area contributed by atoms with Crippen molar-refractivity contribution in [2.45, 2.75) is 19.8 Å². The maximum Gasteiger partial charge on any atom is 0.123 e. The van der Waals surface area contributed by atoms with Crippen LogP contribution in [-0.2, 0) is 6.42 Å². The first-order valence-corrected chi connectivity index (χ1v) is 5.28. The molecule has 0 bridgehead atoms. The van der Waals surface area contributed by atoms with Crippen LogP contribution in [0, 0.1) is 12.7 Å². The quantitative estimate of drug-likeness (QED) is 0.578. The van der Waals surface area contributed by atoms with Crippen molar-refractivity contribution in [3.63, 3.8) is 0 Å². The highest BCUT2D eigenvalue weighted by atomic mass is 19.1. The molecule has 2 heteroatoms. The molecule has 0 saturated carbocycles. The maximum atomic E-state index is 12.8. The Hall–Kier alpha value is -1.15. The van der Waals surface area contributed by atoms with E-state index in [0.717, 1.165) is 24.9 Å². The molecule has 82 valence electrons. The van der Waals surface area contributed by atoms with Crippen molar-refractivity contribution in [3.05, 3.63) is 47.3 Å². The molecule has 0 aromatic heterocycles. The molecule has 0 aliphatic rings. The van der Waals surface area contributed by atoms with Gasteiger partial charge < -0.3 is 5.32 Å². The highest BCUT2D eigenvalue weighted by molar-refractivity contribution is 5.28. The number of aryl methyl sites for hydroxylation is 1. The summed E-state index contributed by atoms with van der Waals surface area (Å²) >= 11 is 0. The first-order valence-electron chi connectivity index (χ1n) is 5.28. The Morgan fingerprint density at radius 1 is 1.33 bits per heavy atom. The van der Waals surface area contributed by atoms with Crippen molar-refractivity contribution in [2.75, 3.05) is 13.6 Å². The van der Waals surface area contributed by atoms with Gasteiger partial charge in [-0.1, -0.05) is 18.2 Å². The van der Waals surface area contributed by atoms with E-state index in [9.17, 15) is 4.39 Å². The van der Waals surface area contributed by atoms with Crippen molar-refractivity contribution >= 4 is 0 Å². The van der Waals surface area contributed by atoms with Crippen LogP contribution in [0.25, 0.3) is 0 Å². The number of benzene rings is 1. The molecule has 1 nitrogen and oxygen atoms in total. The lowest BCUT2D eigenvalue weighted by Crippen LogP contribution is -2.05. The van der Waals surface area contributed by atoms with E-state index in [2.05, 4.69) is 17.5 Å². The molecule has 0 aliphatic carbocycles. The van der Waals surface area contributed by atoms with E-state index in [0.29, 0.717) is 0 Å². The van der Waals surface area contributed by atoms with Crippen molar-refractivity contribution in [2.24, 2.45) is 0 Å². The SMILES string of the molecule is CNCC/C=C/Cc1ccc(F)cc1C. The van der Waals surface area contributed by atoms with Crippen LogP contribution in [0.15, 0.2) is 30.4 Å². The first-order chi connectivity index (χ1) is 7.24. The molecule has 0 atom stereocenters. The van der Waals surface area contributed by atoms with E-state index in [-0.39, 0.29) is 5.82 Å². The van der Waals surface area contributed by atoms with Crippen LogP contribution in [0.3, 0.4) is 0 Å². The second kappa shape index (κ2) is 6.36. The van der Waals surface area contributed by atoms with Gasteiger partial charge >= 0.3 is 0 Å². The van der Waals surface area contributed by atoms with Gasteiger partial charge in [0.25, 0.3) is 0 Å². The summed E-state index contributed by atoms with van der Waals surface area (Å²) in [6.45, 7) is 2.94. The molecule has 15 heavy (non-hydrogen) atoms. The summed E-state index contributed by atoms with van der Waals surface area (Å²) in [5.41, 5.74) is 2.21. The van der Waals surface area contributed by atoms with E-state index in [1.807, 2.05) is 20.0 Å². The highest BCUT2D eigenvalue weighted by Crippen LogP contribution is 2.11. The van der Waals surface area contributed by atoms with Crippen LogP contribution in [0.2, 0.25) is 0 Å². The molecule has 1 aromatic rings. The Balaban J connectivity index is 2.47. The smallest absolute Gasteiger partial charge is 0.123 e. The van der Waals surface area contributed by atoms with Gasteiger partial charge in [0.2, 0.25) is 0 Å². The van der Waals surface area contributed by atoms with E-state index >= 15 is 0 Å². The average Bonchev–Trinajstić information content (AvgIpc) is 2.20. The maximum absolute atomic E-state index is 12.8. The molecule has 0 aliphatic heterocycles. The van der Waals surface area contributed by atoms with Gasteiger partial charge in [0.1, 0.15) is 5.82 Å². The zero-order chi connectivity index (χ0) is 11.1. The lowest BCUT2D eigenvalue weighted by molar-refractivity contribution is 0.626. The minimum Gasteiger partial charge on any atom is -0.319 e. The predicted molar refractivity (Wildman–Crippen MR) is 62.5 cm³/mol. The summed E-state index contributed by atoms with van der Waals surface area (Å²) in [5.74, 6) is -0.157. The van der Waals surface area contributed by atoms with Gasteiger partial charge in [-0.25, -0.2) is 4.39 Å². The third kappa shape index (κ3) is 4.26. The Bertz CT molecular complexity index is 331. The summed E-state index contributed by atoms with van der Waals surface area (Å²) in [4.78, 5) is 0. The van der Waals surface area contributed by atoms with E-state index < -0.39 is 0 Å². The Labute approximate surface area is 91.0 Å². The van der Waals surface area contributed by atoms with Crippen LogP contribution >= 0.6 is 0 Å². The Kier molecular flexibility index (Phi) is 5.05. The topological polar surface area (TPSA) is 12.0 Å². The average molecular weight is 207 g/mol. The number of hydrogen-bond donors (Lipinski definition) is 1. The number of hydrogen-bond acceptors (Lipinski definition) is 1. The van der Waals surface area contributed by atoms with Gasteiger partial charge in [0.15, 0.2) is 0 Å². The van der Waals surface area contributed by atoms with Crippen molar-refractivity contribution in [1.82, 2.24) is 5.32 Å². The van der Waals surface area contributed by atoms with Crippen LogP contribution < -0.4 is 5.32 Å². The molecular weight excluding hydrogens is 189 g/mol. The monoisotopic (exact) mass is 207 g/mol. The zero-order valence-corrected chi connectivity index (χ0v) is 9.39. The van der Waals surface area contributed by atoms with E-state index in [4.69, 9.17) is 0 Å². The predicted octanol–water partition coefficient (Wildman–Crippen LogP) is 2.84. The van der Waals surface area contributed by atoms with Gasteiger partial charge in [0, 0.05) is 0 Å². The summed E-state index contributed by atoms with van der Waals surface area (Å²) in [5, 5.41) is 3.08. The highest BCUT2D eigenvalue weighted by Gasteiger charge is 1.97. The zero-order valence-electron chi connectivity index (χ0n) is 9.39. The van der Waals surface area contributed by atoms with Gasteiger partial charge in [-0.3, -0.25) is 0 Å². The molecular formula is C13H18FN. The summed E-state index contributed by atoms with van der Waals surface area (Å²) in [7, 11) is 1.94. The number of allylic oxidation sites excluding steroid dienone is 1. The van der Waals surface area contributed by atoms with Crippen LogP contribution in [0.5, 0.6) is 0 Å². The third-order valence-electron chi connectivity index (χ3n) is 2.37. The molecule has 1 aromatic carbocycles. The van der Waals surface area contributed by atoms with E-state index in [1.54, 1.807) is 6.07 Å². The first kappa shape index (κ1) is 11.9. The standard InChI is InChI=1S/C13H18FN/c1-11-10-13(14)8-7-12(11)6-4-3-5-9-15-2/h3-4,7-8,10,15H,5-6,9H2,1-2H3/b4-3+. The van der Waals surface area contributed by atoms with Gasteiger partial charge in [0.05, 0.1) is 0 Å². The van der Waals surface area contributed by atoms with Crippen molar-refractivity contribution in [3.8, 4) is 0 Å². The van der Waals surface area contributed by atoms with Gasteiger partial charge in [-0.15, -0.1) is 0 Å². The van der Waals surface area contributed by atoms with Crippen LogP contribution in [-0.4, -0.2) is 13.6 Å². The molecule has 0 amide bonds. The minimum absolute atomic E-state index is 0.157. The van der Waals surface area contributed by atoms with Gasteiger partial charge in [-0.2, -0.15) is 0 Å². The van der Waals surface area contributed by atoms with Crippen molar-refractivity contribution < 1.29 is 4.39 Å². The second-order valence-corrected chi connectivity index (χ2v) is 3.64. The Morgan fingerprint density at radius 3 is 2.80 bits per heavy atom. The molecule has 0 saturated heterocycles. The minimum atomic E-state index is -0.157. The van der Waals surface area contributed by atoms with Crippen LogP contribution in [0.4, 0.5) is 4.39 Å². The lowest BCUT2D eigenvalue weighted by Gasteiger charge is -2.02. The molecule has 1 N–H and O–H groups in total. The molecule has 0 fully saturated rings. The lowest BCUT2D eigenvalue weighted by atomic mass is 10.1. The molecule has 0 heterocycles. The molecule has 0 spiro atoms. The van der Waals surface area contributed by atoms with E-state index in [1.165, 1.54) is 11.6 Å².